The zero-order valence-electron chi connectivity index (χ0n) is 13.2. The van der Waals surface area contributed by atoms with Crippen molar-refractivity contribution in [3.8, 4) is 0 Å². The maximum absolute atomic E-state index is 12.4. The van der Waals surface area contributed by atoms with Gasteiger partial charge in [-0.1, -0.05) is 17.4 Å². The molecule has 1 aliphatic carbocycles. The molecule has 2 heterocycles. The lowest BCUT2D eigenvalue weighted by molar-refractivity contribution is 0.0792. The molecule has 2 aromatic rings. The lowest BCUT2D eigenvalue weighted by Crippen LogP contribution is -2.27. The zero-order chi connectivity index (χ0) is 16.5. The fourth-order valence-electron chi connectivity index (χ4n) is 2.84. The van der Waals surface area contributed by atoms with Gasteiger partial charge < -0.3 is 10.2 Å². The monoisotopic (exact) mass is 342 g/mol. The molecule has 1 aromatic heterocycles. The van der Waals surface area contributed by atoms with Crippen LogP contribution in [-0.2, 0) is 0 Å². The molecule has 1 N–H and O–H groups in total. The van der Waals surface area contributed by atoms with E-state index in [-0.39, 0.29) is 11.8 Å². The first kappa shape index (κ1) is 15.3. The van der Waals surface area contributed by atoms with Crippen LogP contribution in [0.5, 0.6) is 0 Å². The van der Waals surface area contributed by atoms with Crippen LogP contribution in [0, 0.1) is 0 Å². The molecule has 1 saturated heterocycles. The van der Waals surface area contributed by atoms with Gasteiger partial charge in [0, 0.05) is 30.3 Å². The third-order valence-electron chi connectivity index (χ3n) is 4.32. The van der Waals surface area contributed by atoms with E-state index in [4.69, 9.17) is 0 Å². The smallest absolute Gasteiger partial charge is 0.286 e. The highest BCUT2D eigenvalue weighted by Gasteiger charge is 2.28. The molecule has 1 aliphatic heterocycles. The number of benzene rings is 1. The quantitative estimate of drug-likeness (QED) is 0.927. The number of amides is 2. The third kappa shape index (κ3) is 3.17. The predicted octanol–water partition coefficient (Wildman–Crippen LogP) is 2.90. The van der Waals surface area contributed by atoms with E-state index in [0.29, 0.717) is 22.2 Å². The molecule has 4 rings (SSSR count). The number of aromatic nitrogens is 2. The Labute approximate surface area is 143 Å². The van der Waals surface area contributed by atoms with Crippen molar-refractivity contribution >= 4 is 28.8 Å². The van der Waals surface area contributed by atoms with Crippen LogP contribution in [0.25, 0.3) is 0 Å². The Kier molecular flexibility index (Phi) is 4.02. The van der Waals surface area contributed by atoms with Crippen molar-refractivity contribution in [1.82, 2.24) is 15.1 Å². The second kappa shape index (κ2) is 6.32. The second-order valence-electron chi connectivity index (χ2n) is 6.25. The molecule has 1 aromatic carbocycles. The molecule has 0 unspecified atom stereocenters. The van der Waals surface area contributed by atoms with Crippen LogP contribution < -0.4 is 5.32 Å². The fourth-order valence-corrected chi connectivity index (χ4v) is 3.75. The topological polar surface area (TPSA) is 75.2 Å². The minimum Gasteiger partial charge on any atom is -0.339 e. The van der Waals surface area contributed by atoms with Crippen molar-refractivity contribution < 1.29 is 9.59 Å². The Balaban J connectivity index is 1.46. The minimum atomic E-state index is -0.273. The summed E-state index contributed by atoms with van der Waals surface area (Å²) in [6.07, 6.45) is 4.39. The lowest BCUT2D eigenvalue weighted by atomic mass is 10.1. The maximum atomic E-state index is 12.4. The summed E-state index contributed by atoms with van der Waals surface area (Å²) in [6, 6.07) is 7.07. The molecule has 124 valence electrons. The zero-order valence-corrected chi connectivity index (χ0v) is 14.0. The number of carbonyl (C=O) groups excluding carboxylic acids is 2. The molecule has 0 spiro atoms. The SMILES string of the molecule is O=C(Nc1cccc(C(=O)N2CCCC2)c1)c1nnc(C2CC2)s1. The lowest BCUT2D eigenvalue weighted by Gasteiger charge is -2.15. The van der Waals surface area contributed by atoms with Crippen LogP contribution in [0.1, 0.15) is 56.8 Å². The number of rotatable bonds is 4. The third-order valence-corrected chi connectivity index (χ3v) is 5.41. The van der Waals surface area contributed by atoms with Gasteiger partial charge in [-0.2, -0.15) is 0 Å². The normalized spacial score (nSPS) is 17.1. The second-order valence-corrected chi connectivity index (χ2v) is 7.26. The average molecular weight is 342 g/mol. The van der Waals surface area contributed by atoms with Crippen molar-refractivity contribution in [3.63, 3.8) is 0 Å². The largest absolute Gasteiger partial charge is 0.339 e. The van der Waals surface area contributed by atoms with E-state index in [9.17, 15) is 9.59 Å². The molecule has 0 radical (unpaired) electrons. The van der Waals surface area contributed by atoms with Crippen molar-refractivity contribution in [2.45, 2.75) is 31.6 Å². The predicted molar refractivity (Wildman–Crippen MR) is 91.4 cm³/mol. The van der Waals surface area contributed by atoms with Crippen LogP contribution in [0.3, 0.4) is 0 Å². The maximum Gasteiger partial charge on any atom is 0.286 e. The Morgan fingerprint density at radius 1 is 1.17 bits per heavy atom. The van der Waals surface area contributed by atoms with E-state index in [1.54, 1.807) is 24.3 Å². The molecule has 1 saturated carbocycles. The molecule has 2 aliphatic rings. The molecule has 2 fully saturated rings. The van der Waals surface area contributed by atoms with E-state index >= 15 is 0 Å². The molecular weight excluding hydrogens is 324 g/mol. The summed E-state index contributed by atoms with van der Waals surface area (Å²) in [4.78, 5) is 26.6. The fraction of sp³-hybridized carbons (Fsp3) is 0.412. The number of hydrogen-bond acceptors (Lipinski definition) is 5. The van der Waals surface area contributed by atoms with Gasteiger partial charge in [0.05, 0.1) is 0 Å². The Bertz CT molecular complexity index is 778. The van der Waals surface area contributed by atoms with Gasteiger partial charge in [0.1, 0.15) is 5.01 Å². The summed E-state index contributed by atoms with van der Waals surface area (Å²) >= 11 is 1.35. The number of nitrogens with one attached hydrogen (secondary N) is 1. The summed E-state index contributed by atoms with van der Waals surface area (Å²) in [5, 5.41) is 12.2. The van der Waals surface area contributed by atoms with Gasteiger partial charge in [-0.3, -0.25) is 9.59 Å². The van der Waals surface area contributed by atoms with E-state index < -0.39 is 0 Å². The molecule has 0 atom stereocenters. The molecule has 7 heteroatoms. The first-order valence-corrected chi connectivity index (χ1v) is 9.06. The molecule has 2 amide bonds. The number of likely N-dealkylation sites (tertiary alicyclic amines) is 1. The highest BCUT2D eigenvalue weighted by Crippen LogP contribution is 2.41. The van der Waals surface area contributed by atoms with Crippen LogP contribution in [0.15, 0.2) is 24.3 Å². The summed E-state index contributed by atoms with van der Waals surface area (Å²) in [5.74, 6) is 0.242. The van der Waals surface area contributed by atoms with Crippen LogP contribution in [-0.4, -0.2) is 40.0 Å². The van der Waals surface area contributed by atoms with E-state index in [0.717, 1.165) is 43.8 Å². The minimum absolute atomic E-state index is 0.0236. The van der Waals surface area contributed by atoms with Crippen molar-refractivity contribution in [1.29, 1.82) is 0 Å². The molecular formula is C17H18N4O2S. The van der Waals surface area contributed by atoms with Gasteiger partial charge in [0.25, 0.3) is 11.8 Å². The van der Waals surface area contributed by atoms with Crippen LogP contribution >= 0.6 is 11.3 Å². The Morgan fingerprint density at radius 2 is 1.96 bits per heavy atom. The Hall–Kier alpha value is -2.28. The number of anilines is 1. The summed E-state index contributed by atoms with van der Waals surface area (Å²) < 4.78 is 0. The molecule has 24 heavy (non-hydrogen) atoms. The average Bonchev–Trinajstić information content (AvgIpc) is 3.11. The van der Waals surface area contributed by atoms with Gasteiger partial charge >= 0.3 is 0 Å². The van der Waals surface area contributed by atoms with E-state index in [2.05, 4.69) is 15.5 Å². The molecule has 6 nitrogen and oxygen atoms in total. The summed E-state index contributed by atoms with van der Waals surface area (Å²) in [7, 11) is 0. The van der Waals surface area contributed by atoms with E-state index in [1.807, 2.05) is 4.90 Å². The van der Waals surface area contributed by atoms with Gasteiger partial charge in [-0.05, 0) is 43.9 Å². The van der Waals surface area contributed by atoms with E-state index in [1.165, 1.54) is 11.3 Å². The number of carbonyl (C=O) groups is 2. The van der Waals surface area contributed by atoms with Gasteiger partial charge in [-0.25, -0.2) is 0 Å². The first-order chi connectivity index (χ1) is 11.7. The van der Waals surface area contributed by atoms with Crippen LogP contribution in [0.2, 0.25) is 0 Å². The van der Waals surface area contributed by atoms with Gasteiger partial charge in [0.2, 0.25) is 5.01 Å². The molecule has 0 bridgehead atoms. The first-order valence-electron chi connectivity index (χ1n) is 8.25. The summed E-state index contributed by atoms with van der Waals surface area (Å²) in [5.41, 5.74) is 1.21. The van der Waals surface area contributed by atoms with Crippen molar-refractivity contribution in [3.05, 3.63) is 39.8 Å². The van der Waals surface area contributed by atoms with Crippen LogP contribution in [0.4, 0.5) is 5.69 Å². The van der Waals surface area contributed by atoms with Crippen molar-refractivity contribution in [2.24, 2.45) is 0 Å². The highest BCUT2D eigenvalue weighted by atomic mass is 32.1. The number of nitrogens with zero attached hydrogens (tertiary/aromatic N) is 3. The number of hydrogen-bond donors (Lipinski definition) is 1. The van der Waals surface area contributed by atoms with Crippen molar-refractivity contribution in [2.75, 3.05) is 18.4 Å². The Morgan fingerprint density at radius 3 is 2.71 bits per heavy atom. The van der Waals surface area contributed by atoms with Gasteiger partial charge in [-0.15, -0.1) is 10.2 Å². The highest BCUT2D eigenvalue weighted by molar-refractivity contribution is 7.13. The standard InChI is InChI=1S/C17H18N4O2S/c22-14(16-20-19-15(24-16)11-6-7-11)18-13-5-3-4-12(10-13)17(23)21-8-1-2-9-21/h3-5,10-11H,1-2,6-9H2,(H,18,22). The van der Waals surface area contributed by atoms with Gasteiger partial charge in [0.15, 0.2) is 0 Å². The summed E-state index contributed by atoms with van der Waals surface area (Å²) in [6.45, 7) is 1.62.